The van der Waals surface area contributed by atoms with E-state index in [2.05, 4.69) is 21.2 Å². The predicted octanol–water partition coefficient (Wildman–Crippen LogP) is 2.36. The number of hydrogen-bond acceptors (Lipinski definition) is 2. The smallest absolute Gasteiger partial charge is 0.253 e. The van der Waals surface area contributed by atoms with Crippen LogP contribution in [0.15, 0.2) is 22.7 Å². The summed E-state index contributed by atoms with van der Waals surface area (Å²) < 4.78 is 0.656. The van der Waals surface area contributed by atoms with Gasteiger partial charge in [-0.15, -0.1) is 0 Å². The molecule has 0 aliphatic rings. The number of carbonyl (C=O) groups excluding carboxylic acids is 1. The van der Waals surface area contributed by atoms with Gasteiger partial charge in [-0.25, -0.2) is 0 Å². The zero-order valence-corrected chi connectivity index (χ0v) is 9.39. The normalized spacial score (nSPS) is 9.21. The summed E-state index contributed by atoms with van der Waals surface area (Å²) in [6.45, 7) is -0.0261. The highest BCUT2D eigenvalue weighted by Gasteiger charge is 2.10. The summed E-state index contributed by atoms with van der Waals surface area (Å²) in [6, 6.07) is 6.86. The number of nitriles is 1. The highest BCUT2D eigenvalue weighted by molar-refractivity contribution is 9.10. The van der Waals surface area contributed by atoms with Crippen molar-refractivity contribution in [1.29, 1.82) is 5.26 Å². The van der Waals surface area contributed by atoms with Gasteiger partial charge in [-0.2, -0.15) is 5.26 Å². The number of halogens is 2. The molecule has 0 bridgehead atoms. The van der Waals surface area contributed by atoms with Gasteiger partial charge in [-0.05, 0) is 28.1 Å². The Bertz CT molecular complexity index is 400. The molecule has 0 saturated carbocycles. The Labute approximate surface area is 94.8 Å². The summed E-state index contributed by atoms with van der Waals surface area (Å²) >= 11 is 9.08. The molecule has 3 nitrogen and oxygen atoms in total. The second-order valence-electron chi connectivity index (χ2n) is 2.44. The van der Waals surface area contributed by atoms with Crippen molar-refractivity contribution in [3.8, 4) is 6.07 Å². The first kappa shape index (κ1) is 11.0. The monoisotopic (exact) mass is 272 g/mol. The van der Waals surface area contributed by atoms with Gasteiger partial charge in [0.25, 0.3) is 5.91 Å². The largest absolute Gasteiger partial charge is 0.339 e. The lowest BCUT2D eigenvalue weighted by Gasteiger charge is -2.04. The Kier molecular flexibility index (Phi) is 3.93. The van der Waals surface area contributed by atoms with E-state index < -0.39 is 0 Å². The molecule has 72 valence electrons. The van der Waals surface area contributed by atoms with Gasteiger partial charge in [0.2, 0.25) is 0 Å². The number of benzene rings is 1. The fourth-order valence-corrected chi connectivity index (χ4v) is 1.47. The first-order chi connectivity index (χ1) is 6.66. The van der Waals surface area contributed by atoms with E-state index in [0.29, 0.717) is 15.1 Å². The molecule has 14 heavy (non-hydrogen) atoms. The Morgan fingerprint density at radius 2 is 2.36 bits per heavy atom. The molecule has 5 heteroatoms. The minimum atomic E-state index is -0.349. The van der Waals surface area contributed by atoms with Crippen LogP contribution in [0.5, 0.6) is 0 Å². The molecule has 1 aromatic carbocycles. The molecule has 0 atom stereocenters. The Hall–Kier alpha value is -1.05. The average molecular weight is 274 g/mol. The van der Waals surface area contributed by atoms with Gasteiger partial charge >= 0.3 is 0 Å². The molecule has 1 amide bonds. The molecule has 0 aliphatic heterocycles. The van der Waals surface area contributed by atoms with Crippen molar-refractivity contribution in [3.63, 3.8) is 0 Å². The maximum Gasteiger partial charge on any atom is 0.253 e. The molecule has 0 aliphatic carbocycles. The lowest BCUT2D eigenvalue weighted by Crippen LogP contribution is -2.23. The number of hydrogen-bond donors (Lipinski definition) is 1. The maximum absolute atomic E-state index is 11.4. The van der Waals surface area contributed by atoms with Crippen molar-refractivity contribution in [2.75, 3.05) is 6.54 Å². The van der Waals surface area contributed by atoms with Gasteiger partial charge in [-0.1, -0.05) is 17.7 Å². The molecule has 1 N–H and O–H groups in total. The number of nitrogens with one attached hydrogen (secondary N) is 1. The molecule has 1 aromatic rings. The third-order valence-corrected chi connectivity index (χ3v) is 2.82. The fraction of sp³-hybridized carbons (Fsp3) is 0.111. The fourth-order valence-electron chi connectivity index (χ4n) is 0.894. The van der Waals surface area contributed by atoms with Crippen LogP contribution < -0.4 is 5.32 Å². The van der Waals surface area contributed by atoms with Crippen molar-refractivity contribution in [2.24, 2.45) is 0 Å². The van der Waals surface area contributed by atoms with Crippen LogP contribution in [0.3, 0.4) is 0 Å². The van der Waals surface area contributed by atoms with Crippen LogP contribution in [0.25, 0.3) is 0 Å². The van der Waals surface area contributed by atoms with Crippen LogP contribution in [0.2, 0.25) is 5.02 Å². The highest BCUT2D eigenvalue weighted by atomic mass is 79.9. The summed E-state index contributed by atoms with van der Waals surface area (Å²) in [5.74, 6) is -0.349. The van der Waals surface area contributed by atoms with E-state index in [9.17, 15) is 4.79 Å². The zero-order chi connectivity index (χ0) is 10.6. The Balaban J connectivity index is 2.91. The third kappa shape index (κ3) is 2.47. The van der Waals surface area contributed by atoms with Gasteiger partial charge in [-0.3, -0.25) is 4.79 Å². The van der Waals surface area contributed by atoms with Crippen LogP contribution in [0.1, 0.15) is 10.4 Å². The molecule has 0 spiro atoms. The van der Waals surface area contributed by atoms with Crippen molar-refractivity contribution in [1.82, 2.24) is 5.32 Å². The lowest BCUT2D eigenvalue weighted by atomic mass is 10.2. The first-order valence-corrected chi connectivity index (χ1v) is 4.93. The summed E-state index contributed by atoms with van der Waals surface area (Å²) in [5.41, 5.74) is 0.358. The van der Waals surface area contributed by atoms with E-state index in [1.807, 2.05) is 6.07 Å². The molecular weight excluding hydrogens is 267 g/mol. The minimum absolute atomic E-state index is 0.0261. The van der Waals surface area contributed by atoms with E-state index in [0.717, 1.165) is 0 Å². The van der Waals surface area contributed by atoms with Crippen LogP contribution in [0.4, 0.5) is 0 Å². The van der Waals surface area contributed by atoms with E-state index in [-0.39, 0.29) is 12.5 Å². The summed E-state index contributed by atoms with van der Waals surface area (Å²) in [4.78, 5) is 11.4. The summed E-state index contributed by atoms with van der Waals surface area (Å²) in [7, 11) is 0. The molecular formula is C9H6BrClN2O. The minimum Gasteiger partial charge on any atom is -0.339 e. The van der Waals surface area contributed by atoms with E-state index in [4.69, 9.17) is 16.9 Å². The second-order valence-corrected chi connectivity index (χ2v) is 3.67. The predicted molar refractivity (Wildman–Crippen MR) is 57.1 cm³/mol. The van der Waals surface area contributed by atoms with Crippen LogP contribution >= 0.6 is 27.5 Å². The number of nitrogens with zero attached hydrogens (tertiary/aromatic N) is 1. The van der Waals surface area contributed by atoms with Gasteiger partial charge in [0, 0.05) is 4.47 Å². The van der Waals surface area contributed by atoms with Gasteiger partial charge in [0.1, 0.15) is 6.54 Å². The number of carbonyl (C=O) groups is 1. The quantitative estimate of drug-likeness (QED) is 0.841. The van der Waals surface area contributed by atoms with Crippen molar-refractivity contribution in [3.05, 3.63) is 33.3 Å². The van der Waals surface area contributed by atoms with Crippen LogP contribution in [-0.2, 0) is 0 Å². The molecule has 0 saturated heterocycles. The lowest BCUT2D eigenvalue weighted by molar-refractivity contribution is 0.0958. The molecule has 1 rings (SSSR count). The third-order valence-electron chi connectivity index (χ3n) is 1.52. The van der Waals surface area contributed by atoms with Crippen molar-refractivity contribution < 1.29 is 4.79 Å². The molecule has 0 radical (unpaired) electrons. The molecule has 0 aromatic heterocycles. The zero-order valence-electron chi connectivity index (χ0n) is 7.05. The van der Waals surface area contributed by atoms with Crippen LogP contribution in [-0.4, -0.2) is 12.5 Å². The number of amides is 1. The topological polar surface area (TPSA) is 52.9 Å². The summed E-state index contributed by atoms with van der Waals surface area (Å²) in [5, 5.41) is 11.0. The standard InChI is InChI=1S/C9H6BrClN2O/c10-7-3-1-2-6(8(7)11)9(14)13-5-4-12/h1-3H,5H2,(H,13,14). The van der Waals surface area contributed by atoms with E-state index in [1.165, 1.54) is 0 Å². The molecule has 0 fully saturated rings. The van der Waals surface area contributed by atoms with E-state index >= 15 is 0 Å². The Morgan fingerprint density at radius 1 is 1.64 bits per heavy atom. The summed E-state index contributed by atoms with van der Waals surface area (Å²) in [6.07, 6.45) is 0. The van der Waals surface area contributed by atoms with Crippen LogP contribution in [0, 0.1) is 11.3 Å². The first-order valence-electron chi connectivity index (χ1n) is 3.76. The van der Waals surface area contributed by atoms with Gasteiger partial charge in [0.05, 0.1) is 16.7 Å². The highest BCUT2D eigenvalue weighted by Crippen LogP contribution is 2.25. The van der Waals surface area contributed by atoms with Gasteiger partial charge in [0.15, 0.2) is 0 Å². The Morgan fingerprint density at radius 3 is 3.00 bits per heavy atom. The maximum atomic E-state index is 11.4. The second kappa shape index (κ2) is 4.99. The van der Waals surface area contributed by atoms with Crippen molar-refractivity contribution in [2.45, 2.75) is 0 Å². The van der Waals surface area contributed by atoms with Crippen molar-refractivity contribution >= 4 is 33.4 Å². The molecule has 0 heterocycles. The number of rotatable bonds is 2. The SMILES string of the molecule is N#CCNC(=O)c1cccc(Br)c1Cl. The van der Waals surface area contributed by atoms with Gasteiger partial charge < -0.3 is 5.32 Å². The van der Waals surface area contributed by atoms with E-state index in [1.54, 1.807) is 18.2 Å². The molecule has 0 unspecified atom stereocenters. The average Bonchev–Trinajstić information content (AvgIpc) is 2.18.